The third-order valence-corrected chi connectivity index (χ3v) is 28.4. The number of nitrogens with one attached hydrogen (secondary N) is 2. The van der Waals surface area contributed by atoms with Gasteiger partial charge in [0, 0.05) is 128 Å². The molecule has 10 aromatic rings. The number of hydrogen-bond acceptors (Lipinski definition) is 34. The number of unbranched alkanes of at least 4 members (excludes halogenated alkanes) is 2. The van der Waals surface area contributed by atoms with E-state index in [0.29, 0.717) is 125 Å². The van der Waals surface area contributed by atoms with Gasteiger partial charge >= 0.3 is 0 Å². The number of para-hydroxylation sites is 2. The van der Waals surface area contributed by atoms with Crippen LogP contribution < -0.4 is 41.4 Å². The summed E-state index contributed by atoms with van der Waals surface area (Å²) in [5.74, 6) is -0.896. The van der Waals surface area contributed by atoms with Crippen molar-refractivity contribution in [2.24, 2.45) is 11.8 Å². The second-order valence-corrected chi connectivity index (χ2v) is 38.6. The maximum absolute atomic E-state index is 14.0. The first-order valence-corrected chi connectivity index (χ1v) is 49.8. The average Bonchev–Trinajstić information content (AvgIpc) is 1.76. The van der Waals surface area contributed by atoms with Crippen molar-refractivity contribution in [2.45, 2.75) is 166 Å². The maximum atomic E-state index is 14.0. The number of nitrogens with zero attached hydrogens (tertiary/aromatic N) is 14. The quantitative estimate of drug-likeness (QED) is 0.0165. The van der Waals surface area contributed by atoms with Crippen LogP contribution in [0.25, 0.3) is 43.4 Å². The van der Waals surface area contributed by atoms with Crippen molar-refractivity contribution < 1.29 is 86.5 Å². The Balaban J connectivity index is 0.000000209. The molecule has 6 fully saturated rings. The molecule has 36 nitrogen and oxygen atoms in total. The van der Waals surface area contributed by atoms with Gasteiger partial charge in [0.25, 0.3) is 11.8 Å². The summed E-state index contributed by atoms with van der Waals surface area (Å²) in [5.41, 5.74) is 25.8. The summed E-state index contributed by atoms with van der Waals surface area (Å²) in [4.78, 5) is 78.2. The molecule has 0 radical (unpaired) electrons. The number of likely N-dealkylation sites (tertiary alicyclic amines) is 2. The lowest BCUT2D eigenvalue weighted by atomic mass is 9.89. The van der Waals surface area contributed by atoms with Crippen molar-refractivity contribution in [1.82, 2.24) is 70.9 Å². The Labute approximate surface area is 812 Å². The largest absolute Gasteiger partial charge is 0.507 e. The molecule has 10 N–H and O–H groups in total. The van der Waals surface area contributed by atoms with Crippen LogP contribution in [0.4, 0.5) is 23.0 Å². The Bertz CT molecular complexity index is 5260. The summed E-state index contributed by atoms with van der Waals surface area (Å²) in [6, 6.07) is 35.5. The van der Waals surface area contributed by atoms with E-state index in [2.05, 4.69) is 70.9 Å². The van der Waals surface area contributed by atoms with Gasteiger partial charge in [-0.15, -0.1) is 43.1 Å². The van der Waals surface area contributed by atoms with Gasteiger partial charge in [-0.05, 0) is 159 Å². The molecule has 12 heterocycles. The number of aromatic nitrogens is 8. The third kappa shape index (κ3) is 26.4. The number of aryl methyl sites for hydroxylation is 2. The predicted molar refractivity (Wildman–Crippen MR) is 522 cm³/mol. The van der Waals surface area contributed by atoms with E-state index in [1.54, 1.807) is 59.1 Å². The van der Waals surface area contributed by atoms with E-state index in [-0.39, 0.29) is 109 Å². The number of aliphatic hydroxyl groups excluding tert-OH is 2. The highest BCUT2D eigenvalue weighted by Gasteiger charge is 2.47. The zero-order valence-corrected chi connectivity index (χ0v) is 81.1. The number of nitrogen functional groups attached to an aromatic ring is 2. The first-order valence-electron chi connectivity index (χ1n) is 48.0. The number of piperidine rings is 2. The van der Waals surface area contributed by atoms with E-state index >= 15 is 0 Å². The van der Waals surface area contributed by atoms with Gasteiger partial charge in [-0.2, -0.15) is 0 Å². The fourth-order valence-electron chi connectivity index (χ4n) is 18.9. The maximum Gasteiger partial charge on any atom is 0.254 e. The number of benzene rings is 4. The van der Waals surface area contributed by atoms with Crippen molar-refractivity contribution in [3.05, 3.63) is 166 Å². The van der Waals surface area contributed by atoms with Gasteiger partial charge < -0.3 is 109 Å². The lowest BCUT2D eigenvalue weighted by Gasteiger charge is -2.48. The van der Waals surface area contributed by atoms with Crippen LogP contribution in [0, 0.1) is 25.7 Å². The number of carbonyl (C=O) groups excluding carboxylic acids is 4. The van der Waals surface area contributed by atoms with Crippen molar-refractivity contribution in [3.8, 4) is 66.7 Å². The number of rotatable bonds is 42. The summed E-state index contributed by atoms with van der Waals surface area (Å²) in [7, 11) is 0. The Morgan fingerprint density at radius 3 is 1.25 bits per heavy atom. The summed E-state index contributed by atoms with van der Waals surface area (Å²) in [6.07, 6.45) is 6.11. The fourth-order valence-corrected chi connectivity index (χ4v) is 20.6. The molecule has 0 unspecified atom stereocenters. The van der Waals surface area contributed by atoms with Crippen LogP contribution in [0.3, 0.4) is 0 Å². The number of anilines is 4. The second-order valence-electron chi connectivity index (χ2n) is 36.9. The molecular weight excluding hydrogens is 1810 g/mol. The van der Waals surface area contributed by atoms with Crippen LogP contribution in [0.5, 0.6) is 23.3 Å². The molecule has 0 bridgehead atoms. The number of morpholine rings is 2. The van der Waals surface area contributed by atoms with Crippen LogP contribution in [-0.2, 0) is 60.7 Å². The molecule has 6 saturated heterocycles. The molecule has 138 heavy (non-hydrogen) atoms. The number of carbonyl (C=O) groups is 4. The van der Waals surface area contributed by atoms with Crippen LogP contribution >= 0.6 is 22.7 Å². The number of thiazole rings is 2. The van der Waals surface area contributed by atoms with Gasteiger partial charge in [-0.1, -0.05) is 100 Å². The van der Waals surface area contributed by atoms with Gasteiger partial charge in [0.05, 0.1) is 131 Å². The lowest BCUT2D eigenvalue weighted by molar-refractivity contribution is -0.141. The zero-order chi connectivity index (χ0) is 96.7. The van der Waals surface area contributed by atoms with Crippen LogP contribution in [0.1, 0.15) is 138 Å². The Morgan fingerprint density at radius 2 is 0.877 bits per heavy atom. The molecule has 4 amide bonds. The molecule has 0 saturated carbocycles. The standard InChI is InChI=1S/2C50H65N9O9S/c2*1-33(2)45(49(63)59-30-37(60)26-41(59)48(62)52-29-35-10-12-36(13-11-35)46-34(3)53-32-69-46)43-28-44(56-68-43)66-25-24-65-23-22-64-20-7-6-16-57-19-21-67-50(31-57)14-17-58(18-15-50)40-27-39(54-55-47(40)51)38-8-4-5-9-42(38)61/h2*4-5,8-13,27-28,32-33,37,41,45,60-61H,6-7,14-26,29-31H2,1-3H3,(H2,51,55)(H,52,62)/t37-,41+,45+;37-,41+,45-/m11/s1. The molecule has 4 aromatic carbocycles. The molecule has 6 atom stereocenters. The first-order chi connectivity index (χ1) is 66.9. The van der Waals surface area contributed by atoms with Crippen molar-refractivity contribution >= 4 is 69.3 Å². The molecule has 6 aliphatic heterocycles. The number of phenolic OH excluding ortho intramolecular Hbond substituents is 2. The van der Waals surface area contributed by atoms with Crippen LogP contribution in [-0.4, -0.2) is 298 Å². The van der Waals surface area contributed by atoms with Crippen LogP contribution in [0.2, 0.25) is 0 Å². The minimum atomic E-state index is -0.822. The van der Waals surface area contributed by atoms with E-state index in [0.717, 1.165) is 172 Å². The topological polar surface area (TPSA) is 448 Å². The van der Waals surface area contributed by atoms with Gasteiger partial charge in [-0.25, -0.2) is 9.97 Å². The van der Waals surface area contributed by atoms with E-state index in [1.165, 1.54) is 9.80 Å². The SMILES string of the molecule is Cc1ncsc1-c1ccc(CNC(=O)[C@@H]2C[C@@H](O)CN2C(=O)[C@@H](c2cc(OCCOCCOCCCCN3CCOC4(CCN(c5cc(-c6ccccc6O)nnc5N)CC4)C3)no2)C(C)C)cc1.Cc1ncsc1-c1ccc(CNC(=O)[C@@H]2C[C@@H](O)CN2C(=O)[C@H](c2cc(OCCOCCOCCCCN3CCOC4(CCN(c5cc(-c6ccccc6O)nnc5N)CC4)C3)no2)C(C)C)cc1. The number of phenols is 2. The number of aromatic hydroxyl groups is 2. The summed E-state index contributed by atoms with van der Waals surface area (Å²) in [6.45, 7) is 26.6. The van der Waals surface area contributed by atoms with Crippen molar-refractivity contribution in [2.75, 3.05) is 179 Å². The number of ether oxygens (including phenoxy) is 8. The van der Waals surface area contributed by atoms with E-state index in [9.17, 15) is 39.6 Å². The highest BCUT2D eigenvalue weighted by Crippen LogP contribution is 2.42. The normalized spacial score (nSPS) is 18.8. The minimum Gasteiger partial charge on any atom is -0.507 e. The number of nitrogens with two attached hydrogens (primary N) is 2. The average molecular weight is 1940 g/mol. The molecule has 6 aromatic heterocycles. The Hall–Kier alpha value is -11.4. The van der Waals surface area contributed by atoms with E-state index in [1.807, 2.05) is 137 Å². The van der Waals surface area contributed by atoms with Gasteiger partial charge in [-0.3, -0.25) is 29.0 Å². The molecule has 740 valence electrons. The molecule has 6 aliphatic rings. The molecule has 0 aliphatic carbocycles. The lowest BCUT2D eigenvalue weighted by Crippen LogP contribution is -2.57. The predicted octanol–water partition coefficient (Wildman–Crippen LogP) is 10.9. The van der Waals surface area contributed by atoms with Gasteiger partial charge in [0.15, 0.2) is 23.2 Å². The molecule has 2 spiro atoms. The second kappa shape index (κ2) is 48.5. The minimum absolute atomic E-state index is 0.0487. The van der Waals surface area contributed by atoms with Crippen LogP contribution in [0.15, 0.2) is 141 Å². The van der Waals surface area contributed by atoms with E-state index < -0.39 is 36.1 Å². The number of aliphatic hydroxyl groups is 2. The van der Waals surface area contributed by atoms with E-state index in [4.69, 9.17) is 58.4 Å². The van der Waals surface area contributed by atoms with Gasteiger partial charge in [0.2, 0.25) is 23.6 Å². The summed E-state index contributed by atoms with van der Waals surface area (Å²) >= 11 is 3.17. The summed E-state index contributed by atoms with van der Waals surface area (Å²) in [5, 5.41) is 72.8. The fraction of sp³-hybridized carbons (Fsp3) is 0.520. The van der Waals surface area contributed by atoms with Gasteiger partial charge in [0.1, 0.15) is 48.6 Å². The number of β-amino-alcohol motifs (C(OH)–C–C–N with tert-alkyl or cyclic N) is 2. The first kappa shape index (κ1) is 101. The third-order valence-electron chi connectivity index (χ3n) is 26.5. The highest BCUT2D eigenvalue weighted by molar-refractivity contribution is 7.13. The van der Waals surface area contributed by atoms with Crippen molar-refractivity contribution in [3.63, 3.8) is 0 Å². The molecular formula is C100H130N18O18S2. The Kier molecular flexibility index (Phi) is 35.5. The monoisotopic (exact) mass is 1930 g/mol. The number of amides is 4. The summed E-state index contributed by atoms with van der Waals surface area (Å²) < 4.78 is 58.8. The molecule has 16 rings (SSSR count). The highest BCUT2D eigenvalue weighted by atomic mass is 32.1. The Morgan fingerprint density at radius 1 is 0.493 bits per heavy atom. The number of hydrogen-bond donors (Lipinski definition) is 8. The zero-order valence-electron chi connectivity index (χ0n) is 79.5. The van der Waals surface area contributed by atoms with Crippen molar-refractivity contribution in [1.29, 1.82) is 0 Å². The smallest absolute Gasteiger partial charge is 0.254 e. The molecule has 38 heteroatoms.